The molecule has 0 spiro atoms. The van der Waals surface area contributed by atoms with E-state index in [0.29, 0.717) is 16.8 Å². The highest BCUT2D eigenvalue weighted by molar-refractivity contribution is 5.87. The Morgan fingerprint density at radius 3 is 2.48 bits per heavy atom. The van der Waals surface area contributed by atoms with Crippen molar-refractivity contribution in [2.24, 2.45) is 5.73 Å². The van der Waals surface area contributed by atoms with Gasteiger partial charge in [0.15, 0.2) is 0 Å². The van der Waals surface area contributed by atoms with Gasteiger partial charge in [-0.2, -0.15) is 18.4 Å². The van der Waals surface area contributed by atoms with E-state index < -0.39 is 11.7 Å². The fourth-order valence-electron chi connectivity index (χ4n) is 3.12. The lowest BCUT2D eigenvalue weighted by atomic mass is 9.91. The van der Waals surface area contributed by atoms with Crippen LogP contribution in [0.5, 0.6) is 5.75 Å². The van der Waals surface area contributed by atoms with E-state index in [1.54, 1.807) is 13.8 Å². The fourth-order valence-corrected chi connectivity index (χ4v) is 3.12. The first-order valence-electron chi connectivity index (χ1n) is 8.68. The minimum Gasteiger partial charge on any atom is -0.455 e. The van der Waals surface area contributed by atoms with Crippen molar-refractivity contribution in [3.05, 3.63) is 76.3 Å². The first kappa shape index (κ1) is 20.2. The second kappa shape index (κ2) is 7.13. The number of nitrogens with zero attached hydrogens (tertiary/aromatic N) is 2. The third-order valence-corrected chi connectivity index (χ3v) is 4.92. The van der Waals surface area contributed by atoms with Gasteiger partial charge in [-0.25, -0.2) is 0 Å². The molecule has 1 aliphatic rings. The van der Waals surface area contributed by atoms with Gasteiger partial charge in [0, 0.05) is 11.8 Å². The zero-order valence-corrected chi connectivity index (χ0v) is 16.1. The second-order valence-electron chi connectivity index (χ2n) is 6.78. The van der Waals surface area contributed by atoms with Crippen LogP contribution < -0.4 is 10.5 Å². The normalized spacial score (nSPS) is 15.0. The number of hydrogen-bond acceptors (Lipinski definition) is 4. The summed E-state index contributed by atoms with van der Waals surface area (Å²) >= 11 is 0. The summed E-state index contributed by atoms with van der Waals surface area (Å²) < 4.78 is 47.3. The summed E-state index contributed by atoms with van der Waals surface area (Å²) in [6.07, 6.45) is -2.34. The lowest BCUT2D eigenvalue weighted by Crippen LogP contribution is -2.18. The summed E-state index contributed by atoms with van der Waals surface area (Å²) in [5, 5.41) is 9.69. The SMILES string of the molecule is C=C(N)c1cc(/C(C#N)=C2/C=C(C(F)(F)F)c3cc(C)c(C)c(C)c3O2)ccn1. The van der Waals surface area contributed by atoms with E-state index >= 15 is 0 Å². The number of benzene rings is 1. The Hall–Kier alpha value is -3.53. The Morgan fingerprint density at radius 2 is 1.90 bits per heavy atom. The van der Waals surface area contributed by atoms with Crippen LogP contribution in [0.4, 0.5) is 13.2 Å². The quantitative estimate of drug-likeness (QED) is 0.706. The maximum absolute atomic E-state index is 13.8. The molecule has 148 valence electrons. The molecular formula is C22H18F3N3O. The molecule has 0 atom stereocenters. The lowest BCUT2D eigenvalue weighted by molar-refractivity contribution is -0.0694. The Labute approximate surface area is 166 Å². The molecule has 29 heavy (non-hydrogen) atoms. The van der Waals surface area contributed by atoms with Gasteiger partial charge in [0.25, 0.3) is 0 Å². The maximum atomic E-state index is 13.8. The highest BCUT2D eigenvalue weighted by Gasteiger charge is 2.40. The predicted molar refractivity (Wildman–Crippen MR) is 105 cm³/mol. The van der Waals surface area contributed by atoms with Crippen molar-refractivity contribution in [2.45, 2.75) is 26.9 Å². The average Bonchev–Trinajstić information content (AvgIpc) is 2.66. The summed E-state index contributed by atoms with van der Waals surface area (Å²) in [6.45, 7) is 8.86. The number of aryl methyl sites for hydroxylation is 1. The van der Waals surface area contributed by atoms with Gasteiger partial charge in [-0.3, -0.25) is 4.98 Å². The number of rotatable bonds is 2. The van der Waals surface area contributed by atoms with Crippen molar-refractivity contribution in [3.8, 4) is 11.8 Å². The van der Waals surface area contributed by atoms with Crippen LogP contribution in [-0.2, 0) is 0 Å². The van der Waals surface area contributed by atoms with E-state index in [9.17, 15) is 18.4 Å². The Kier molecular flexibility index (Phi) is 4.97. The minimum atomic E-state index is -4.62. The first-order valence-corrected chi connectivity index (χ1v) is 8.68. The van der Waals surface area contributed by atoms with Crippen molar-refractivity contribution < 1.29 is 17.9 Å². The molecular weight excluding hydrogens is 379 g/mol. The molecule has 1 aromatic heterocycles. The molecule has 2 heterocycles. The minimum absolute atomic E-state index is 0.0371. The maximum Gasteiger partial charge on any atom is 0.417 e. The van der Waals surface area contributed by atoms with Crippen LogP contribution in [0, 0.1) is 32.1 Å². The molecule has 0 fully saturated rings. The molecule has 3 rings (SSSR count). The molecule has 4 nitrogen and oxygen atoms in total. The number of allylic oxidation sites excluding steroid dienone is 3. The van der Waals surface area contributed by atoms with Crippen LogP contribution in [-0.4, -0.2) is 11.2 Å². The van der Waals surface area contributed by atoms with Gasteiger partial charge in [0.2, 0.25) is 0 Å². The number of nitriles is 1. The largest absolute Gasteiger partial charge is 0.455 e. The number of aromatic nitrogens is 1. The zero-order valence-electron chi connectivity index (χ0n) is 16.1. The van der Waals surface area contributed by atoms with Crippen LogP contribution in [0.2, 0.25) is 0 Å². The Morgan fingerprint density at radius 1 is 1.21 bits per heavy atom. The number of hydrogen-bond donors (Lipinski definition) is 1. The van der Waals surface area contributed by atoms with Gasteiger partial charge in [-0.05, 0) is 67.3 Å². The van der Waals surface area contributed by atoms with Gasteiger partial charge in [0.05, 0.1) is 17.0 Å². The number of pyridine rings is 1. The number of fused-ring (bicyclic) bond motifs is 1. The van der Waals surface area contributed by atoms with Gasteiger partial charge in [-0.1, -0.05) is 6.58 Å². The molecule has 2 aromatic rings. The molecule has 1 aliphatic heterocycles. The predicted octanol–water partition coefficient (Wildman–Crippen LogP) is 5.21. The Bertz CT molecular complexity index is 1140. The molecule has 0 radical (unpaired) electrons. The highest BCUT2D eigenvalue weighted by Crippen LogP contribution is 2.46. The zero-order chi connectivity index (χ0) is 21.5. The summed E-state index contributed by atoms with van der Waals surface area (Å²) in [5.41, 5.74) is 7.69. The smallest absolute Gasteiger partial charge is 0.417 e. The molecule has 0 saturated carbocycles. The molecule has 1 aromatic carbocycles. The standard InChI is InChI=1S/C22H18F3N3O/c1-11-7-16-18(22(23,24)25)9-20(29-21(16)13(3)12(11)2)17(10-26)15-5-6-28-19(8-15)14(4)27/h5-9H,4,27H2,1-3H3/b20-17-. The molecule has 0 saturated heterocycles. The molecule has 7 heteroatoms. The molecule has 2 N–H and O–H groups in total. The Balaban J connectivity index is 2.31. The van der Waals surface area contributed by atoms with Gasteiger partial charge < -0.3 is 10.5 Å². The summed E-state index contributed by atoms with van der Waals surface area (Å²) in [7, 11) is 0. The van der Waals surface area contributed by atoms with Crippen molar-refractivity contribution in [3.63, 3.8) is 0 Å². The first-order chi connectivity index (χ1) is 13.5. The number of nitrogens with two attached hydrogens (primary N) is 1. The molecule has 0 unspecified atom stereocenters. The van der Waals surface area contributed by atoms with Crippen LogP contribution in [0.3, 0.4) is 0 Å². The van der Waals surface area contributed by atoms with Crippen molar-refractivity contribution >= 4 is 16.8 Å². The molecule has 0 bridgehead atoms. The van der Waals surface area contributed by atoms with Gasteiger partial charge >= 0.3 is 6.18 Å². The topological polar surface area (TPSA) is 71.9 Å². The summed E-state index contributed by atoms with van der Waals surface area (Å²) in [5.74, 6) is -0.0818. The van der Waals surface area contributed by atoms with Crippen LogP contribution >= 0.6 is 0 Å². The van der Waals surface area contributed by atoms with E-state index in [-0.39, 0.29) is 28.3 Å². The van der Waals surface area contributed by atoms with E-state index in [1.165, 1.54) is 24.4 Å². The van der Waals surface area contributed by atoms with Crippen molar-refractivity contribution in [2.75, 3.05) is 0 Å². The van der Waals surface area contributed by atoms with Crippen LogP contribution in [0.25, 0.3) is 16.8 Å². The number of halogens is 3. The number of ether oxygens (including phenoxy) is 1. The molecule has 0 amide bonds. The van der Waals surface area contributed by atoms with E-state index in [2.05, 4.69) is 11.6 Å². The number of alkyl halides is 3. The third kappa shape index (κ3) is 3.61. The highest BCUT2D eigenvalue weighted by atomic mass is 19.4. The monoisotopic (exact) mass is 397 g/mol. The lowest BCUT2D eigenvalue weighted by Gasteiger charge is -2.26. The fraction of sp³-hybridized carbons (Fsp3) is 0.182. The van der Waals surface area contributed by atoms with Gasteiger partial charge in [-0.15, -0.1) is 0 Å². The third-order valence-electron chi connectivity index (χ3n) is 4.92. The second-order valence-corrected chi connectivity index (χ2v) is 6.78. The summed E-state index contributed by atoms with van der Waals surface area (Å²) in [6, 6.07) is 6.40. The average molecular weight is 397 g/mol. The van der Waals surface area contributed by atoms with Crippen molar-refractivity contribution in [1.29, 1.82) is 5.26 Å². The van der Waals surface area contributed by atoms with E-state index in [4.69, 9.17) is 10.5 Å². The molecule has 0 aliphatic carbocycles. The van der Waals surface area contributed by atoms with E-state index in [0.717, 1.165) is 17.2 Å². The van der Waals surface area contributed by atoms with Crippen LogP contribution in [0.1, 0.15) is 33.5 Å². The van der Waals surface area contributed by atoms with Crippen LogP contribution in [0.15, 0.2) is 42.8 Å². The van der Waals surface area contributed by atoms with Gasteiger partial charge in [0.1, 0.15) is 23.2 Å². The van der Waals surface area contributed by atoms with E-state index in [1.807, 2.05) is 13.0 Å². The van der Waals surface area contributed by atoms with Crippen molar-refractivity contribution in [1.82, 2.24) is 4.98 Å². The summed E-state index contributed by atoms with van der Waals surface area (Å²) in [4.78, 5) is 4.03.